The summed E-state index contributed by atoms with van der Waals surface area (Å²) in [6.45, 7) is 4.85. The van der Waals surface area contributed by atoms with Crippen molar-refractivity contribution in [3.05, 3.63) is 65.2 Å². The summed E-state index contributed by atoms with van der Waals surface area (Å²) in [6.07, 6.45) is 0. The smallest absolute Gasteiger partial charge is 0.251 e. The molecule has 0 radical (unpaired) electrons. The Morgan fingerprint density at radius 3 is 1.96 bits per heavy atom. The van der Waals surface area contributed by atoms with Crippen LogP contribution in [0.25, 0.3) is 0 Å². The van der Waals surface area contributed by atoms with Gasteiger partial charge in [0.2, 0.25) is 0 Å². The zero-order valence-electron chi connectivity index (χ0n) is 16.2. The number of aliphatic hydroxyl groups excluding tert-OH is 1. The summed E-state index contributed by atoms with van der Waals surface area (Å²) in [4.78, 5) is 24.7. The van der Waals surface area contributed by atoms with Gasteiger partial charge in [-0.2, -0.15) is 0 Å². The predicted octanol–water partition coefficient (Wildman–Crippen LogP) is 2.78. The van der Waals surface area contributed by atoms with Crippen LogP contribution in [0.5, 0.6) is 0 Å². The molecule has 2 aromatic carbocycles. The van der Waals surface area contributed by atoms with Crippen LogP contribution in [-0.2, 0) is 9.84 Å². The maximum atomic E-state index is 12.5. The first kappa shape index (κ1) is 21.8. The van der Waals surface area contributed by atoms with Gasteiger partial charge in [0.15, 0.2) is 15.6 Å². The van der Waals surface area contributed by atoms with Crippen molar-refractivity contribution in [2.45, 2.75) is 31.7 Å². The first-order valence-electron chi connectivity index (χ1n) is 9.08. The SMILES string of the molecule is CCS(=O)(=O)c1ccc(C(CO)NC(=O)c2ccc(C(=O)C(C)C)cc2)cc1. The van der Waals surface area contributed by atoms with Crippen molar-refractivity contribution in [2.24, 2.45) is 5.92 Å². The van der Waals surface area contributed by atoms with Gasteiger partial charge >= 0.3 is 0 Å². The molecule has 0 aliphatic rings. The van der Waals surface area contributed by atoms with Gasteiger partial charge in [-0.15, -0.1) is 0 Å². The van der Waals surface area contributed by atoms with E-state index >= 15 is 0 Å². The van der Waals surface area contributed by atoms with Crippen LogP contribution in [0.15, 0.2) is 53.4 Å². The molecule has 28 heavy (non-hydrogen) atoms. The van der Waals surface area contributed by atoms with E-state index in [0.717, 1.165) is 0 Å². The number of rotatable bonds is 8. The van der Waals surface area contributed by atoms with Gasteiger partial charge in [-0.3, -0.25) is 9.59 Å². The Morgan fingerprint density at radius 1 is 0.964 bits per heavy atom. The summed E-state index contributed by atoms with van der Waals surface area (Å²) >= 11 is 0. The lowest BCUT2D eigenvalue weighted by Crippen LogP contribution is -2.30. The maximum Gasteiger partial charge on any atom is 0.251 e. The Morgan fingerprint density at radius 2 is 1.50 bits per heavy atom. The molecular formula is C21H25NO5S. The molecule has 7 heteroatoms. The molecule has 0 spiro atoms. The van der Waals surface area contributed by atoms with Gasteiger partial charge in [0, 0.05) is 17.0 Å². The molecule has 0 heterocycles. The van der Waals surface area contributed by atoms with E-state index in [2.05, 4.69) is 5.32 Å². The van der Waals surface area contributed by atoms with Crippen LogP contribution in [0.3, 0.4) is 0 Å². The Bertz CT molecular complexity index is 932. The van der Waals surface area contributed by atoms with Crippen molar-refractivity contribution in [1.82, 2.24) is 5.32 Å². The van der Waals surface area contributed by atoms with Crippen molar-refractivity contribution in [1.29, 1.82) is 0 Å². The minimum Gasteiger partial charge on any atom is -0.394 e. The van der Waals surface area contributed by atoms with Gasteiger partial charge in [0.05, 0.1) is 23.3 Å². The quantitative estimate of drug-likeness (QED) is 0.660. The number of nitrogens with one attached hydrogen (secondary N) is 1. The summed E-state index contributed by atoms with van der Waals surface area (Å²) in [5.41, 5.74) is 1.50. The highest BCUT2D eigenvalue weighted by Crippen LogP contribution is 2.18. The standard InChI is InChI=1S/C21H25NO5S/c1-4-28(26,27)18-11-9-15(10-12-18)19(13-23)22-21(25)17-7-5-16(6-8-17)20(24)14(2)3/h5-12,14,19,23H,4,13H2,1-3H3,(H,22,25). The predicted molar refractivity (Wildman–Crippen MR) is 107 cm³/mol. The summed E-state index contributed by atoms with van der Waals surface area (Å²) < 4.78 is 23.8. The molecular weight excluding hydrogens is 378 g/mol. The molecule has 0 saturated heterocycles. The summed E-state index contributed by atoms with van der Waals surface area (Å²) in [7, 11) is -3.31. The highest BCUT2D eigenvalue weighted by molar-refractivity contribution is 7.91. The van der Waals surface area contributed by atoms with Crippen LogP contribution < -0.4 is 5.32 Å². The van der Waals surface area contributed by atoms with E-state index in [9.17, 15) is 23.1 Å². The number of carbonyl (C=O) groups excluding carboxylic acids is 2. The summed E-state index contributed by atoms with van der Waals surface area (Å²) in [5, 5.41) is 12.4. The van der Waals surface area contributed by atoms with Crippen molar-refractivity contribution >= 4 is 21.5 Å². The number of carbonyl (C=O) groups is 2. The van der Waals surface area contributed by atoms with E-state index in [-0.39, 0.29) is 29.0 Å². The molecule has 0 fully saturated rings. The van der Waals surface area contributed by atoms with Crippen LogP contribution in [0.2, 0.25) is 0 Å². The maximum absolute atomic E-state index is 12.5. The van der Waals surface area contributed by atoms with Crippen molar-refractivity contribution in [3.8, 4) is 0 Å². The summed E-state index contributed by atoms with van der Waals surface area (Å²) in [6, 6.07) is 11.8. The van der Waals surface area contributed by atoms with Gasteiger partial charge in [0.1, 0.15) is 0 Å². The number of benzene rings is 2. The van der Waals surface area contributed by atoms with Crippen LogP contribution in [0, 0.1) is 5.92 Å². The van der Waals surface area contributed by atoms with Crippen molar-refractivity contribution in [3.63, 3.8) is 0 Å². The zero-order chi connectivity index (χ0) is 20.9. The lowest BCUT2D eigenvalue weighted by atomic mass is 10.00. The minimum absolute atomic E-state index is 0.00180. The molecule has 0 aliphatic heterocycles. The molecule has 0 saturated carbocycles. The number of Topliss-reactive ketones (excluding diaryl/α,β-unsaturated/α-hetero) is 1. The molecule has 6 nitrogen and oxygen atoms in total. The van der Waals surface area contributed by atoms with E-state index in [1.165, 1.54) is 12.1 Å². The zero-order valence-corrected chi connectivity index (χ0v) is 17.0. The molecule has 2 N–H and O–H groups in total. The van der Waals surface area contributed by atoms with Crippen LogP contribution in [0.1, 0.15) is 53.1 Å². The molecule has 0 bridgehead atoms. The average Bonchev–Trinajstić information content (AvgIpc) is 2.71. The number of ketones is 1. The van der Waals surface area contributed by atoms with Gasteiger partial charge < -0.3 is 10.4 Å². The van der Waals surface area contributed by atoms with Crippen molar-refractivity contribution in [2.75, 3.05) is 12.4 Å². The molecule has 150 valence electrons. The fraction of sp³-hybridized carbons (Fsp3) is 0.333. The first-order valence-corrected chi connectivity index (χ1v) is 10.7. The first-order chi connectivity index (χ1) is 13.2. The van der Waals surface area contributed by atoms with E-state index in [4.69, 9.17) is 0 Å². The van der Waals surface area contributed by atoms with Gasteiger partial charge in [0.25, 0.3) is 5.91 Å². The number of aliphatic hydroxyl groups is 1. The highest BCUT2D eigenvalue weighted by atomic mass is 32.2. The summed E-state index contributed by atoms with van der Waals surface area (Å²) in [5.74, 6) is -0.518. The van der Waals surface area contributed by atoms with Gasteiger partial charge in [-0.25, -0.2) is 8.42 Å². The van der Waals surface area contributed by atoms with Crippen LogP contribution in [0.4, 0.5) is 0 Å². The van der Waals surface area contributed by atoms with E-state index in [0.29, 0.717) is 16.7 Å². The highest BCUT2D eigenvalue weighted by Gasteiger charge is 2.18. The average molecular weight is 404 g/mol. The Kier molecular flexibility index (Phi) is 7.10. The third-order valence-electron chi connectivity index (χ3n) is 4.47. The normalized spacial score (nSPS) is 12.6. The van der Waals surface area contributed by atoms with Crippen molar-refractivity contribution < 1.29 is 23.1 Å². The van der Waals surface area contributed by atoms with Gasteiger partial charge in [-0.05, 0) is 29.8 Å². The lowest BCUT2D eigenvalue weighted by Gasteiger charge is -2.17. The second kappa shape index (κ2) is 9.12. The fourth-order valence-corrected chi connectivity index (χ4v) is 3.55. The van der Waals surface area contributed by atoms with E-state index < -0.39 is 21.8 Å². The molecule has 1 amide bonds. The molecule has 1 atom stereocenters. The second-order valence-electron chi connectivity index (χ2n) is 6.78. The number of hydrogen-bond acceptors (Lipinski definition) is 5. The molecule has 0 aromatic heterocycles. The fourth-order valence-electron chi connectivity index (χ4n) is 2.67. The number of sulfone groups is 1. The number of amides is 1. The van der Waals surface area contributed by atoms with Crippen LogP contribution in [-0.4, -0.2) is 37.6 Å². The minimum atomic E-state index is -3.31. The Balaban J connectivity index is 2.14. The van der Waals surface area contributed by atoms with E-state index in [1.807, 2.05) is 13.8 Å². The molecule has 2 rings (SSSR count). The van der Waals surface area contributed by atoms with Gasteiger partial charge in [-0.1, -0.05) is 45.0 Å². The monoisotopic (exact) mass is 403 g/mol. The Labute approximate surface area is 165 Å². The van der Waals surface area contributed by atoms with E-state index in [1.54, 1.807) is 43.3 Å². The lowest BCUT2D eigenvalue weighted by molar-refractivity contribution is 0.0912. The third kappa shape index (κ3) is 5.05. The number of hydrogen-bond donors (Lipinski definition) is 2. The molecule has 1 unspecified atom stereocenters. The molecule has 0 aliphatic carbocycles. The topological polar surface area (TPSA) is 101 Å². The molecule has 2 aromatic rings. The largest absolute Gasteiger partial charge is 0.394 e. The Hall–Kier alpha value is -2.51. The third-order valence-corrected chi connectivity index (χ3v) is 6.22. The van der Waals surface area contributed by atoms with Crippen LogP contribution >= 0.6 is 0 Å². The second-order valence-corrected chi connectivity index (χ2v) is 9.06.